The first-order valence-corrected chi connectivity index (χ1v) is 7.32. The highest BCUT2D eigenvalue weighted by Crippen LogP contribution is 2.32. The Morgan fingerprint density at radius 2 is 1.95 bits per heavy atom. The van der Waals surface area contributed by atoms with Crippen LogP contribution in [0.15, 0.2) is 48.8 Å². The summed E-state index contributed by atoms with van der Waals surface area (Å²) in [7, 11) is 0. The highest BCUT2D eigenvalue weighted by Gasteiger charge is 2.10. The standard InChI is InChI=1S/C15H12ClN3S/c1-10-14(11-4-6-12(16)7-5-11)19-15(20-10)18-13-3-2-8-17-9-13/h2-9H,1H3,(H,18,19). The van der Waals surface area contributed by atoms with Crippen molar-refractivity contribution in [3.8, 4) is 11.3 Å². The summed E-state index contributed by atoms with van der Waals surface area (Å²) in [6.07, 6.45) is 3.52. The molecule has 20 heavy (non-hydrogen) atoms. The van der Waals surface area contributed by atoms with Gasteiger partial charge in [0.1, 0.15) is 0 Å². The number of rotatable bonds is 3. The second-order valence-corrected chi connectivity index (χ2v) is 5.94. The van der Waals surface area contributed by atoms with Crippen molar-refractivity contribution in [3.63, 3.8) is 0 Å². The monoisotopic (exact) mass is 301 g/mol. The van der Waals surface area contributed by atoms with E-state index in [0.717, 1.165) is 27.1 Å². The Morgan fingerprint density at radius 3 is 2.65 bits per heavy atom. The molecule has 0 radical (unpaired) electrons. The summed E-state index contributed by atoms with van der Waals surface area (Å²) in [5.74, 6) is 0. The Morgan fingerprint density at radius 1 is 1.15 bits per heavy atom. The van der Waals surface area contributed by atoms with Crippen LogP contribution in [0.25, 0.3) is 11.3 Å². The minimum Gasteiger partial charge on any atom is -0.330 e. The highest BCUT2D eigenvalue weighted by atomic mass is 35.5. The van der Waals surface area contributed by atoms with E-state index in [0.29, 0.717) is 0 Å². The maximum absolute atomic E-state index is 5.91. The first-order valence-electron chi connectivity index (χ1n) is 6.13. The van der Waals surface area contributed by atoms with Gasteiger partial charge in [0.15, 0.2) is 5.13 Å². The first-order chi connectivity index (χ1) is 9.72. The quantitative estimate of drug-likeness (QED) is 0.747. The van der Waals surface area contributed by atoms with Crippen LogP contribution in [-0.4, -0.2) is 9.97 Å². The third kappa shape index (κ3) is 2.81. The van der Waals surface area contributed by atoms with E-state index in [1.165, 1.54) is 4.88 Å². The second kappa shape index (κ2) is 5.61. The van der Waals surface area contributed by atoms with E-state index < -0.39 is 0 Å². The van der Waals surface area contributed by atoms with Gasteiger partial charge in [-0.25, -0.2) is 4.98 Å². The minimum absolute atomic E-state index is 0.732. The fourth-order valence-electron chi connectivity index (χ4n) is 1.89. The van der Waals surface area contributed by atoms with Gasteiger partial charge < -0.3 is 5.32 Å². The van der Waals surface area contributed by atoms with E-state index in [-0.39, 0.29) is 0 Å². The van der Waals surface area contributed by atoms with Crippen molar-refractivity contribution in [2.75, 3.05) is 5.32 Å². The summed E-state index contributed by atoms with van der Waals surface area (Å²) < 4.78 is 0. The molecule has 100 valence electrons. The molecule has 1 aromatic carbocycles. The van der Waals surface area contributed by atoms with Crippen LogP contribution in [0.1, 0.15) is 4.88 Å². The van der Waals surface area contributed by atoms with Gasteiger partial charge in [-0.3, -0.25) is 4.98 Å². The molecule has 3 aromatic rings. The molecule has 0 aliphatic carbocycles. The predicted octanol–water partition coefficient (Wildman–Crippen LogP) is 4.91. The molecule has 0 amide bonds. The third-order valence-corrected chi connectivity index (χ3v) is 3.97. The molecule has 1 N–H and O–H groups in total. The van der Waals surface area contributed by atoms with E-state index in [9.17, 15) is 0 Å². The zero-order chi connectivity index (χ0) is 13.9. The molecule has 2 heterocycles. The van der Waals surface area contributed by atoms with Gasteiger partial charge in [-0.05, 0) is 31.2 Å². The number of nitrogens with one attached hydrogen (secondary N) is 1. The number of thiazole rings is 1. The lowest BCUT2D eigenvalue weighted by Crippen LogP contribution is -1.89. The van der Waals surface area contributed by atoms with Crippen LogP contribution in [0.5, 0.6) is 0 Å². The molecule has 2 aromatic heterocycles. The van der Waals surface area contributed by atoms with E-state index in [1.807, 2.05) is 36.4 Å². The number of aryl methyl sites for hydroxylation is 1. The van der Waals surface area contributed by atoms with Crippen LogP contribution in [-0.2, 0) is 0 Å². The van der Waals surface area contributed by atoms with Crippen molar-refractivity contribution < 1.29 is 0 Å². The summed E-state index contributed by atoms with van der Waals surface area (Å²) in [6.45, 7) is 2.07. The zero-order valence-corrected chi connectivity index (χ0v) is 12.4. The second-order valence-electron chi connectivity index (χ2n) is 4.30. The molecule has 3 rings (SSSR count). The van der Waals surface area contributed by atoms with Crippen LogP contribution in [0.3, 0.4) is 0 Å². The fourth-order valence-corrected chi connectivity index (χ4v) is 2.87. The van der Waals surface area contributed by atoms with Gasteiger partial charge in [0.05, 0.1) is 17.6 Å². The minimum atomic E-state index is 0.732. The number of hydrogen-bond acceptors (Lipinski definition) is 4. The van der Waals surface area contributed by atoms with Crippen LogP contribution in [0.4, 0.5) is 10.8 Å². The van der Waals surface area contributed by atoms with Gasteiger partial charge >= 0.3 is 0 Å². The predicted molar refractivity (Wildman–Crippen MR) is 84.8 cm³/mol. The van der Waals surface area contributed by atoms with E-state index in [2.05, 4.69) is 22.2 Å². The SMILES string of the molecule is Cc1sc(Nc2cccnc2)nc1-c1ccc(Cl)cc1. The van der Waals surface area contributed by atoms with Crippen molar-refractivity contribution in [3.05, 3.63) is 58.7 Å². The maximum atomic E-state index is 5.91. The number of halogens is 1. The van der Waals surface area contributed by atoms with Gasteiger partial charge in [0.25, 0.3) is 0 Å². The average Bonchev–Trinajstić information content (AvgIpc) is 2.81. The lowest BCUT2D eigenvalue weighted by atomic mass is 10.1. The van der Waals surface area contributed by atoms with Crippen molar-refractivity contribution in [1.82, 2.24) is 9.97 Å². The Balaban J connectivity index is 1.89. The summed E-state index contributed by atoms with van der Waals surface area (Å²) in [6, 6.07) is 11.6. The molecule has 0 unspecified atom stereocenters. The summed E-state index contributed by atoms with van der Waals surface area (Å²) in [5, 5.41) is 4.86. The maximum Gasteiger partial charge on any atom is 0.188 e. The van der Waals surface area contributed by atoms with Crippen LogP contribution in [0.2, 0.25) is 5.02 Å². The van der Waals surface area contributed by atoms with Gasteiger partial charge in [-0.1, -0.05) is 23.7 Å². The Bertz CT molecular complexity index is 708. The van der Waals surface area contributed by atoms with Crippen molar-refractivity contribution in [1.29, 1.82) is 0 Å². The van der Waals surface area contributed by atoms with Gasteiger partial charge in [0.2, 0.25) is 0 Å². The first kappa shape index (κ1) is 13.1. The Hall–Kier alpha value is -1.91. The molecular formula is C15H12ClN3S. The number of benzene rings is 1. The molecule has 0 bridgehead atoms. The van der Waals surface area contributed by atoms with Crippen LogP contribution in [0, 0.1) is 6.92 Å². The lowest BCUT2D eigenvalue weighted by Gasteiger charge is -2.00. The molecule has 0 aliphatic rings. The summed E-state index contributed by atoms with van der Waals surface area (Å²) in [5.41, 5.74) is 2.99. The molecule has 0 spiro atoms. The summed E-state index contributed by atoms with van der Waals surface area (Å²) >= 11 is 7.54. The van der Waals surface area contributed by atoms with Crippen LogP contribution < -0.4 is 5.32 Å². The zero-order valence-electron chi connectivity index (χ0n) is 10.8. The molecule has 0 atom stereocenters. The topological polar surface area (TPSA) is 37.8 Å². The third-order valence-electron chi connectivity index (χ3n) is 2.83. The Labute approximate surface area is 126 Å². The molecule has 0 fully saturated rings. The highest BCUT2D eigenvalue weighted by molar-refractivity contribution is 7.16. The van der Waals surface area contributed by atoms with E-state index in [1.54, 1.807) is 23.7 Å². The smallest absolute Gasteiger partial charge is 0.188 e. The summed E-state index contributed by atoms with van der Waals surface area (Å²) in [4.78, 5) is 9.88. The number of nitrogens with zero attached hydrogens (tertiary/aromatic N) is 2. The normalized spacial score (nSPS) is 10.5. The largest absolute Gasteiger partial charge is 0.330 e. The molecular weight excluding hydrogens is 290 g/mol. The number of aromatic nitrogens is 2. The molecule has 0 saturated carbocycles. The number of hydrogen-bond donors (Lipinski definition) is 1. The molecule has 0 saturated heterocycles. The van der Waals surface area contributed by atoms with Gasteiger partial charge in [-0.2, -0.15) is 0 Å². The average molecular weight is 302 g/mol. The Kier molecular flexibility index (Phi) is 3.67. The van der Waals surface area contributed by atoms with E-state index >= 15 is 0 Å². The van der Waals surface area contributed by atoms with Crippen molar-refractivity contribution in [2.24, 2.45) is 0 Å². The number of pyridine rings is 1. The van der Waals surface area contributed by atoms with Crippen molar-refractivity contribution in [2.45, 2.75) is 6.92 Å². The van der Waals surface area contributed by atoms with Crippen LogP contribution >= 0.6 is 22.9 Å². The number of anilines is 2. The van der Waals surface area contributed by atoms with E-state index in [4.69, 9.17) is 11.6 Å². The molecule has 0 aliphatic heterocycles. The fraction of sp³-hybridized carbons (Fsp3) is 0.0667. The molecule has 3 nitrogen and oxygen atoms in total. The van der Waals surface area contributed by atoms with Gasteiger partial charge in [-0.15, -0.1) is 11.3 Å². The van der Waals surface area contributed by atoms with Gasteiger partial charge in [0, 0.05) is 21.7 Å². The molecule has 5 heteroatoms. The lowest BCUT2D eigenvalue weighted by molar-refractivity contribution is 1.31. The van der Waals surface area contributed by atoms with Crippen molar-refractivity contribution >= 4 is 33.8 Å².